The summed E-state index contributed by atoms with van der Waals surface area (Å²) in [5.74, 6) is -0.0814. The van der Waals surface area contributed by atoms with Crippen molar-refractivity contribution in [3.8, 4) is 0 Å². The fraction of sp³-hybridized carbons (Fsp3) is 0.500. The third kappa shape index (κ3) is 30.7. The Balaban J connectivity index is 0.000000157. The molecular weight excluding hydrogens is 1830 g/mol. The van der Waals surface area contributed by atoms with Crippen LogP contribution in [0.2, 0.25) is 0 Å². The number of nitrogens with one attached hydrogen (secondary N) is 4. The van der Waals surface area contributed by atoms with Crippen molar-refractivity contribution in [2.24, 2.45) is 20.0 Å². The minimum Gasteiger partial charge on any atom is -0.275 e. The predicted octanol–water partition coefficient (Wildman–Crippen LogP) is 23.0. The van der Waals surface area contributed by atoms with Crippen LogP contribution in [0.4, 0.5) is 0 Å². The van der Waals surface area contributed by atoms with Crippen molar-refractivity contribution in [1.82, 2.24) is 38.5 Å². The maximum absolute atomic E-state index is 13.9. The minimum atomic E-state index is -3.91. The number of nitrogens with zero attached hydrogens (tertiary/aromatic N) is 8. The lowest BCUT2D eigenvalue weighted by molar-refractivity contribution is 0.0762. The smallest absolute Gasteiger partial charge is 0.264 e. The molecule has 24 nitrogen and oxygen atoms in total. The van der Waals surface area contributed by atoms with E-state index in [-0.39, 0.29) is 115 Å². The maximum atomic E-state index is 13.9. The Hall–Kier alpha value is -10.7. The van der Waals surface area contributed by atoms with Crippen LogP contribution in [0.25, 0.3) is 0 Å². The van der Waals surface area contributed by atoms with Crippen molar-refractivity contribution in [2.45, 2.75) is 380 Å². The van der Waals surface area contributed by atoms with E-state index in [9.17, 15) is 52.8 Å². The normalized spacial score (nSPS) is 18.3. The van der Waals surface area contributed by atoms with Crippen molar-refractivity contribution in [2.75, 3.05) is 0 Å². The highest BCUT2D eigenvalue weighted by molar-refractivity contribution is 7.91. The topological polar surface area (TPSA) is 315 Å². The van der Waals surface area contributed by atoms with E-state index in [4.69, 9.17) is 20.0 Å². The average molecular weight is 1980 g/mol. The van der Waals surface area contributed by atoms with Gasteiger partial charge in [-0.15, -0.1) is 0 Å². The van der Waals surface area contributed by atoms with Gasteiger partial charge in [0.05, 0.1) is 43.7 Å². The van der Waals surface area contributed by atoms with Gasteiger partial charge in [-0.2, -0.15) is 0 Å². The Morgan fingerprint density at radius 3 is 0.471 bits per heavy atom. The van der Waals surface area contributed by atoms with Crippen LogP contribution in [-0.4, -0.2) is 149 Å². The van der Waals surface area contributed by atoms with Gasteiger partial charge in [0, 0.05) is 46.4 Å². The molecule has 0 heterocycles. The maximum Gasteiger partial charge on any atom is 0.264 e. The van der Waals surface area contributed by atoms with Crippen molar-refractivity contribution in [3.05, 3.63) is 261 Å². The van der Waals surface area contributed by atoms with Crippen LogP contribution in [0.15, 0.2) is 234 Å². The van der Waals surface area contributed by atoms with Crippen LogP contribution < -0.4 is 18.9 Å². The van der Waals surface area contributed by atoms with Gasteiger partial charge in [0.2, 0.25) is 23.8 Å². The van der Waals surface area contributed by atoms with Gasteiger partial charge in [0.15, 0.2) is 0 Å². The lowest BCUT2D eigenvalue weighted by Gasteiger charge is -2.36. The van der Waals surface area contributed by atoms with Crippen LogP contribution in [0.5, 0.6) is 0 Å². The van der Waals surface area contributed by atoms with Crippen LogP contribution in [0.3, 0.4) is 0 Å². The number of rotatable bonds is 20. The number of carbonyl (C=O) groups excluding carboxylic acids is 4. The minimum absolute atomic E-state index is 0.0105. The number of guanidine groups is 4. The van der Waals surface area contributed by atoms with Crippen molar-refractivity contribution in [3.63, 3.8) is 0 Å². The van der Waals surface area contributed by atoms with Gasteiger partial charge in [0.1, 0.15) is 0 Å². The van der Waals surface area contributed by atoms with E-state index in [1.165, 1.54) is 25.7 Å². The fourth-order valence-corrected chi connectivity index (χ4v) is 24.1. The Labute approximate surface area is 834 Å². The van der Waals surface area contributed by atoms with E-state index < -0.39 is 40.1 Å². The Morgan fingerprint density at radius 1 is 0.200 bits per heavy atom. The van der Waals surface area contributed by atoms with E-state index in [1.807, 2.05) is 152 Å². The second-order valence-electron chi connectivity index (χ2n) is 40.0. The molecule has 4 amide bonds. The molecule has 752 valence electrons. The monoisotopic (exact) mass is 1980 g/mol. The van der Waals surface area contributed by atoms with Gasteiger partial charge in [0.25, 0.3) is 63.7 Å². The first-order chi connectivity index (χ1) is 67.3. The molecule has 8 fully saturated rings. The van der Waals surface area contributed by atoms with E-state index in [1.54, 1.807) is 117 Å². The zero-order chi connectivity index (χ0) is 99.4. The Morgan fingerprint density at radius 2 is 0.329 bits per heavy atom. The summed E-state index contributed by atoms with van der Waals surface area (Å²) in [6, 6.07) is 56.7. The molecule has 8 aliphatic carbocycles. The number of hydrogen-bond donors (Lipinski definition) is 4. The molecular formula is C112H148N12O12S4. The summed E-state index contributed by atoms with van der Waals surface area (Å²) < 4.78 is 119. The highest BCUT2D eigenvalue weighted by Crippen LogP contribution is 2.35. The number of sulfonamides is 4. The molecule has 8 aliphatic rings. The Bertz CT molecular complexity index is 5260. The van der Waals surface area contributed by atoms with Crippen molar-refractivity contribution >= 4 is 87.6 Å². The SMILES string of the molecule is Cc1ccc(C(=O)N(C(=NC2CCCCC2)NS(=O)(=O)c2ccc(C)cc2)C2CCCCC2)cc1.Cc1ccc(C(=O)N(C(=NC2CCCCC2)NS(=O)(=O)c2ccc(C)cc2)C2CCCCC2)cc1.Cc1ccc(C(=O)N(C(=NC2CCCCC2)NS(=O)(=O)c2ccc(C)cc2)C2CCCCC2)cc1.Cc1ccc(C(=O)N(C(=NC2CCCCC2)NS(=O)(=O)c2ccc(C)cc2)C2CCCCC2)cc1. The van der Waals surface area contributed by atoms with Gasteiger partial charge >= 0.3 is 0 Å². The summed E-state index contributed by atoms with van der Waals surface area (Å²) in [6.07, 6.45) is 39.9. The quantitative estimate of drug-likeness (QED) is 0.0409. The van der Waals surface area contributed by atoms with Gasteiger partial charge < -0.3 is 0 Å². The summed E-state index contributed by atoms with van der Waals surface area (Å²) in [5, 5.41) is 0. The summed E-state index contributed by atoms with van der Waals surface area (Å²) in [7, 11) is -15.6. The number of carbonyl (C=O) groups is 4. The molecule has 0 atom stereocenters. The molecule has 0 bridgehead atoms. The van der Waals surface area contributed by atoms with Gasteiger partial charge in [-0.3, -0.25) is 38.8 Å². The summed E-state index contributed by atoms with van der Waals surface area (Å²) >= 11 is 0. The van der Waals surface area contributed by atoms with Crippen LogP contribution in [-0.2, 0) is 40.1 Å². The summed E-state index contributed by atoms with van der Waals surface area (Å²) in [5.41, 5.74) is 10.4. The predicted molar refractivity (Wildman–Crippen MR) is 560 cm³/mol. The first kappa shape index (κ1) is 107. The molecule has 8 saturated carbocycles. The third-order valence-electron chi connectivity index (χ3n) is 28.5. The first-order valence-corrected chi connectivity index (χ1v) is 57.6. The molecule has 8 aromatic rings. The summed E-state index contributed by atoms with van der Waals surface area (Å²) in [6.45, 7) is 15.6. The second-order valence-corrected chi connectivity index (χ2v) is 46.7. The molecule has 4 N–H and O–H groups in total. The van der Waals surface area contributed by atoms with Gasteiger partial charge in [-0.05, 0) is 255 Å². The standard InChI is InChI=1S/4C28H37N3O3S/c4*1-21-13-17-23(18-14-21)27(32)31(25-11-7-4-8-12-25)28(29-24-9-5-3-6-10-24)30-35(33,34)26-19-15-22(2)16-20-26/h4*13-20,24-25H,3-12H2,1-2H3,(H,29,30). The number of benzene rings is 8. The molecule has 16 rings (SSSR count). The van der Waals surface area contributed by atoms with Gasteiger partial charge in [-0.1, -0.05) is 296 Å². The second kappa shape index (κ2) is 51.3. The fourth-order valence-electron chi connectivity index (χ4n) is 20.1. The number of amides is 4. The molecule has 0 radical (unpaired) electrons. The molecule has 0 saturated heterocycles. The first-order valence-electron chi connectivity index (χ1n) is 51.6. The molecule has 140 heavy (non-hydrogen) atoms. The van der Waals surface area contributed by atoms with Crippen molar-refractivity contribution < 1.29 is 52.8 Å². The molecule has 28 heteroatoms. The largest absolute Gasteiger partial charge is 0.275 e. The zero-order valence-corrected chi connectivity index (χ0v) is 86.8. The van der Waals surface area contributed by atoms with Crippen LogP contribution in [0, 0.1) is 55.4 Å². The lowest BCUT2D eigenvalue weighted by Crippen LogP contribution is -2.53. The van der Waals surface area contributed by atoms with E-state index in [0.717, 1.165) is 276 Å². The number of aliphatic imine (C=N–C) groups is 4. The number of aryl methyl sites for hydroxylation is 8. The molecule has 0 spiro atoms. The molecule has 0 aliphatic heterocycles. The highest BCUT2D eigenvalue weighted by atomic mass is 32.2. The van der Waals surface area contributed by atoms with Gasteiger partial charge in [-0.25, -0.2) is 72.5 Å². The lowest BCUT2D eigenvalue weighted by atomic mass is 9.93. The van der Waals surface area contributed by atoms with Crippen LogP contribution in [0.1, 0.15) is 343 Å². The Kier molecular flexibility index (Phi) is 39.1. The zero-order valence-electron chi connectivity index (χ0n) is 83.5. The molecule has 8 aromatic carbocycles. The average Bonchev–Trinajstić information content (AvgIpc) is 0.801. The number of hydrogen-bond acceptors (Lipinski definition) is 16. The summed E-state index contributed by atoms with van der Waals surface area (Å²) in [4.78, 5) is 82.7. The van der Waals surface area contributed by atoms with Crippen molar-refractivity contribution in [1.29, 1.82) is 0 Å². The van der Waals surface area contributed by atoms with E-state index >= 15 is 0 Å². The molecule has 0 aromatic heterocycles. The van der Waals surface area contributed by atoms with Crippen LogP contribution >= 0.6 is 0 Å². The third-order valence-corrected chi connectivity index (χ3v) is 33.9. The van der Waals surface area contributed by atoms with E-state index in [0.29, 0.717) is 22.3 Å². The van der Waals surface area contributed by atoms with E-state index in [2.05, 4.69) is 18.9 Å². The molecule has 0 unspecified atom stereocenters. The highest BCUT2D eigenvalue weighted by Gasteiger charge is 2.40.